The first-order chi connectivity index (χ1) is 9.31. The summed E-state index contributed by atoms with van der Waals surface area (Å²) >= 11 is 0. The highest BCUT2D eigenvalue weighted by molar-refractivity contribution is 5.89. The fraction of sp³-hybridized carbons (Fsp3) is 0.769. The minimum absolute atomic E-state index is 0.100. The van der Waals surface area contributed by atoms with E-state index in [2.05, 4.69) is 10.6 Å². The van der Waals surface area contributed by atoms with Crippen LogP contribution in [0.3, 0.4) is 0 Å². The highest BCUT2D eigenvalue weighted by Crippen LogP contribution is 2.16. The third-order valence-corrected chi connectivity index (χ3v) is 3.41. The average Bonchev–Trinajstić information content (AvgIpc) is 2.73. The summed E-state index contributed by atoms with van der Waals surface area (Å²) in [5, 5.41) is 5.24. The van der Waals surface area contributed by atoms with Crippen LogP contribution in [0.15, 0.2) is 0 Å². The molecule has 1 heterocycles. The fourth-order valence-corrected chi connectivity index (χ4v) is 2.29. The number of nitrogens with two attached hydrogens (primary N) is 2. The van der Waals surface area contributed by atoms with Crippen LogP contribution in [0.25, 0.3) is 0 Å². The van der Waals surface area contributed by atoms with Gasteiger partial charge in [-0.25, -0.2) is 0 Å². The van der Waals surface area contributed by atoms with Gasteiger partial charge in [-0.3, -0.25) is 14.4 Å². The molecule has 114 valence electrons. The summed E-state index contributed by atoms with van der Waals surface area (Å²) in [6, 6.07) is -1.52. The Bertz CT molecular complexity index is 384. The Hall–Kier alpha value is -1.63. The van der Waals surface area contributed by atoms with Gasteiger partial charge in [0.2, 0.25) is 17.7 Å². The largest absolute Gasteiger partial charge is 0.368 e. The van der Waals surface area contributed by atoms with Crippen LogP contribution in [0.5, 0.6) is 0 Å². The number of nitrogens with one attached hydrogen (secondary N) is 2. The smallest absolute Gasteiger partial charge is 0.240 e. The van der Waals surface area contributed by atoms with E-state index in [0.29, 0.717) is 19.4 Å². The van der Waals surface area contributed by atoms with Gasteiger partial charge in [0, 0.05) is 12.5 Å². The lowest BCUT2D eigenvalue weighted by atomic mass is 9.97. The molecule has 1 rings (SSSR count). The number of hydrogen-bond acceptors (Lipinski definition) is 4. The van der Waals surface area contributed by atoms with E-state index in [4.69, 9.17) is 11.5 Å². The van der Waals surface area contributed by atoms with Crippen LogP contribution in [0.2, 0.25) is 0 Å². The minimum Gasteiger partial charge on any atom is -0.368 e. The molecule has 1 saturated heterocycles. The van der Waals surface area contributed by atoms with E-state index in [1.54, 1.807) is 0 Å². The van der Waals surface area contributed by atoms with Crippen LogP contribution in [-0.2, 0) is 14.4 Å². The quantitative estimate of drug-likeness (QED) is 0.471. The molecule has 0 saturated carbocycles. The van der Waals surface area contributed by atoms with Crippen molar-refractivity contribution >= 4 is 17.7 Å². The van der Waals surface area contributed by atoms with Gasteiger partial charge in [-0.05, 0) is 25.2 Å². The van der Waals surface area contributed by atoms with Crippen LogP contribution in [-0.4, -0.2) is 36.3 Å². The van der Waals surface area contributed by atoms with Crippen molar-refractivity contribution in [2.24, 2.45) is 23.3 Å². The van der Waals surface area contributed by atoms with E-state index in [9.17, 15) is 14.4 Å². The highest BCUT2D eigenvalue weighted by atomic mass is 16.2. The zero-order valence-electron chi connectivity index (χ0n) is 12.0. The first-order valence-electron chi connectivity index (χ1n) is 6.94. The van der Waals surface area contributed by atoms with E-state index in [1.165, 1.54) is 0 Å². The summed E-state index contributed by atoms with van der Waals surface area (Å²) in [6.45, 7) is 4.51. The number of carbonyl (C=O) groups is 3. The summed E-state index contributed by atoms with van der Waals surface area (Å²) in [7, 11) is 0. The van der Waals surface area contributed by atoms with Gasteiger partial charge in [0.1, 0.15) is 6.04 Å². The molecule has 0 aliphatic carbocycles. The topological polar surface area (TPSA) is 127 Å². The molecule has 0 bridgehead atoms. The summed E-state index contributed by atoms with van der Waals surface area (Å²) in [5.41, 5.74) is 11.0. The van der Waals surface area contributed by atoms with Gasteiger partial charge >= 0.3 is 0 Å². The van der Waals surface area contributed by atoms with Gasteiger partial charge < -0.3 is 22.1 Å². The van der Waals surface area contributed by atoms with Gasteiger partial charge in [0.25, 0.3) is 0 Å². The number of primary amides is 1. The molecule has 0 aromatic heterocycles. The van der Waals surface area contributed by atoms with Crippen molar-refractivity contribution in [1.82, 2.24) is 10.6 Å². The van der Waals surface area contributed by atoms with E-state index in [0.717, 1.165) is 0 Å². The minimum atomic E-state index is -0.852. The van der Waals surface area contributed by atoms with Crippen LogP contribution >= 0.6 is 0 Å². The molecule has 7 heteroatoms. The zero-order chi connectivity index (χ0) is 15.3. The number of carbonyl (C=O) groups excluding carboxylic acids is 3. The summed E-state index contributed by atoms with van der Waals surface area (Å²) in [4.78, 5) is 34.8. The second kappa shape index (κ2) is 7.23. The van der Waals surface area contributed by atoms with Gasteiger partial charge in [-0.2, -0.15) is 0 Å². The maximum atomic E-state index is 11.9. The molecule has 0 aromatic carbocycles. The lowest BCUT2D eigenvalue weighted by Gasteiger charge is -2.21. The monoisotopic (exact) mass is 284 g/mol. The third kappa shape index (κ3) is 4.80. The molecular weight excluding hydrogens is 260 g/mol. The van der Waals surface area contributed by atoms with Gasteiger partial charge in [-0.15, -0.1) is 0 Å². The van der Waals surface area contributed by atoms with Crippen molar-refractivity contribution in [2.45, 2.75) is 45.2 Å². The normalized spacial score (nSPS) is 21.4. The molecule has 3 atom stereocenters. The van der Waals surface area contributed by atoms with Crippen molar-refractivity contribution in [2.75, 3.05) is 6.54 Å². The second-order valence-electron chi connectivity index (χ2n) is 5.71. The van der Waals surface area contributed by atoms with Crippen molar-refractivity contribution in [1.29, 1.82) is 0 Å². The lowest BCUT2D eigenvalue weighted by Crippen LogP contribution is -2.51. The molecular formula is C13H24N4O3. The first-order valence-corrected chi connectivity index (χ1v) is 6.94. The molecule has 6 N–H and O–H groups in total. The molecule has 7 nitrogen and oxygen atoms in total. The van der Waals surface area contributed by atoms with E-state index in [-0.39, 0.29) is 24.2 Å². The molecule has 0 aromatic rings. The van der Waals surface area contributed by atoms with E-state index < -0.39 is 23.9 Å². The Morgan fingerprint density at radius 2 is 2.10 bits per heavy atom. The first kappa shape index (κ1) is 16.4. The maximum absolute atomic E-state index is 11.9. The second-order valence-corrected chi connectivity index (χ2v) is 5.71. The molecule has 0 spiro atoms. The lowest BCUT2D eigenvalue weighted by molar-refractivity contribution is -0.129. The van der Waals surface area contributed by atoms with Crippen LogP contribution in [0, 0.1) is 11.8 Å². The van der Waals surface area contributed by atoms with Crippen molar-refractivity contribution in [3.8, 4) is 0 Å². The molecule has 3 amide bonds. The zero-order valence-corrected chi connectivity index (χ0v) is 12.0. The van der Waals surface area contributed by atoms with Gasteiger partial charge in [0.15, 0.2) is 0 Å². The fourth-order valence-electron chi connectivity index (χ4n) is 2.29. The van der Waals surface area contributed by atoms with Crippen molar-refractivity contribution in [3.63, 3.8) is 0 Å². The molecule has 20 heavy (non-hydrogen) atoms. The predicted molar refractivity (Wildman–Crippen MR) is 74.3 cm³/mol. The summed E-state index contributed by atoms with van der Waals surface area (Å²) in [5.74, 6) is -1.15. The molecule has 1 unspecified atom stereocenters. The molecule has 1 aliphatic rings. The Kier molecular flexibility index (Phi) is 5.94. The summed E-state index contributed by atoms with van der Waals surface area (Å²) < 4.78 is 0. The molecule has 1 fully saturated rings. The van der Waals surface area contributed by atoms with Crippen molar-refractivity contribution < 1.29 is 14.4 Å². The Labute approximate surface area is 118 Å². The molecule has 0 radical (unpaired) electrons. The van der Waals surface area contributed by atoms with Gasteiger partial charge in [0.05, 0.1) is 6.04 Å². The Morgan fingerprint density at radius 3 is 2.55 bits per heavy atom. The Morgan fingerprint density at radius 1 is 1.45 bits per heavy atom. The van der Waals surface area contributed by atoms with E-state index in [1.807, 2.05) is 13.8 Å². The predicted octanol–water partition coefficient (Wildman–Crippen LogP) is -1.14. The third-order valence-electron chi connectivity index (χ3n) is 3.41. The van der Waals surface area contributed by atoms with Crippen LogP contribution in [0.4, 0.5) is 0 Å². The maximum Gasteiger partial charge on any atom is 0.240 e. The van der Waals surface area contributed by atoms with Gasteiger partial charge in [-0.1, -0.05) is 13.8 Å². The Balaban J connectivity index is 2.56. The van der Waals surface area contributed by atoms with Crippen LogP contribution in [0.1, 0.15) is 33.1 Å². The number of hydrogen-bond donors (Lipinski definition) is 4. The van der Waals surface area contributed by atoms with Crippen molar-refractivity contribution in [3.05, 3.63) is 0 Å². The SMILES string of the molecule is CC(C)C[C@H](N)C(=O)N[C@@H](CC1CCNC1=O)C(N)=O. The molecule has 1 aliphatic heterocycles. The number of amides is 3. The number of rotatable bonds is 7. The van der Waals surface area contributed by atoms with Crippen LogP contribution < -0.4 is 22.1 Å². The summed E-state index contributed by atoms with van der Waals surface area (Å²) in [6.07, 6.45) is 1.40. The standard InChI is InChI=1S/C13H24N4O3/c1-7(2)5-9(14)13(20)17-10(11(15)18)6-8-3-4-16-12(8)19/h7-10H,3-6,14H2,1-2H3,(H2,15,18)(H,16,19)(H,17,20)/t8?,9-,10-/m0/s1. The van der Waals surface area contributed by atoms with E-state index >= 15 is 0 Å². The average molecular weight is 284 g/mol. The highest BCUT2D eigenvalue weighted by Gasteiger charge is 2.31.